The molecular formula is C19H24N2OS. The second-order valence-corrected chi connectivity index (χ2v) is 6.38. The number of nitrogens with one attached hydrogen (secondary N) is 2. The van der Waals surface area contributed by atoms with Crippen LogP contribution in [0.15, 0.2) is 36.4 Å². The average molecular weight is 328 g/mol. The molecule has 0 aromatic heterocycles. The van der Waals surface area contributed by atoms with Crippen molar-refractivity contribution in [2.75, 3.05) is 17.7 Å². The van der Waals surface area contributed by atoms with E-state index in [-0.39, 0.29) is 0 Å². The lowest BCUT2D eigenvalue weighted by Crippen LogP contribution is -2.21. The van der Waals surface area contributed by atoms with Gasteiger partial charge in [-0.05, 0) is 60.8 Å². The van der Waals surface area contributed by atoms with E-state index in [1.54, 1.807) is 7.11 Å². The zero-order valence-electron chi connectivity index (χ0n) is 14.4. The van der Waals surface area contributed by atoms with E-state index in [1.807, 2.05) is 25.1 Å². The molecule has 122 valence electrons. The Morgan fingerprint density at radius 1 is 1.09 bits per heavy atom. The number of methoxy groups -OCH3 is 1. The van der Waals surface area contributed by atoms with E-state index >= 15 is 0 Å². The Balaban J connectivity index is 2.23. The molecule has 2 N–H and O–H groups in total. The van der Waals surface area contributed by atoms with E-state index < -0.39 is 0 Å². The molecule has 0 fully saturated rings. The maximum absolute atomic E-state index is 5.50. The van der Waals surface area contributed by atoms with Gasteiger partial charge < -0.3 is 15.4 Å². The summed E-state index contributed by atoms with van der Waals surface area (Å²) in [5.74, 6) is 1.20. The molecule has 0 radical (unpaired) electrons. The third-order valence-corrected chi connectivity index (χ3v) is 3.97. The minimum atomic E-state index is 0.425. The summed E-state index contributed by atoms with van der Waals surface area (Å²) in [5, 5.41) is 7.14. The van der Waals surface area contributed by atoms with Crippen LogP contribution in [-0.4, -0.2) is 12.2 Å². The quantitative estimate of drug-likeness (QED) is 0.752. The highest BCUT2D eigenvalue weighted by Gasteiger charge is 2.11. The van der Waals surface area contributed by atoms with Crippen LogP contribution in [0.4, 0.5) is 11.4 Å². The fourth-order valence-electron chi connectivity index (χ4n) is 2.53. The summed E-state index contributed by atoms with van der Waals surface area (Å²) in [6.45, 7) is 8.49. The minimum Gasteiger partial charge on any atom is -0.495 e. The van der Waals surface area contributed by atoms with Crippen molar-refractivity contribution in [1.82, 2.24) is 0 Å². The van der Waals surface area contributed by atoms with Gasteiger partial charge in [0.1, 0.15) is 5.75 Å². The van der Waals surface area contributed by atoms with Gasteiger partial charge in [-0.25, -0.2) is 0 Å². The highest BCUT2D eigenvalue weighted by atomic mass is 32.1. The molecule has 0 bridgehead atoms. The number of para-hydroxylation sites is 1. The van der Waals surface area contributed by atoms with Gasteiger partial charge >= 0.3 is 0 Å². The Morgan fingerprint density at radius 2 is 1.83 bits per heavy atom. The monoisotopic (exact) mass is 328 g/mol. The predicted octanol–water partition coefficient (Wildman–Crippen LogP) is 5.24. The highest BCUT2D eigenvalue weighted by Crippen LogP contribution is 2.29. The lowest BCUT2D eigenvalue weighted by molar-refractivity contribution is 0.417. The van der Waals surface area contributed by atoms with Gasteiger partial charge in [-0.1, -0.05) is 38.1 Å². The van der Waals surface area contributed by atoms with Gasteiger partial charge in [-0.3, -0.25) is 0 Å². The van der Waals surface area contributed by atoms with Crippen molar-refractivity contribution in [2.24, 2.45) is 0 Å². The van der Waals surface area contributed by atoms with Crippen LogP contribution in [-0.2, 0) is 0 Å². The largest absolute Gasteiger partial charge is 0.495 e. The number of hydrogen-bond acceptors (Lipinski definition) is 2. The molecule has 23 heavy (non-hydrogen) atoms. The zero-order chi connectivity index (χ0) is 17.0. The van der Waals surface area contributed by atoms with Gasteiger partial charge in [-0.15, -0.1) is 0 Å². The first kappa shape index (κ1) is 17.3. The first-order chi connectivity index (χ1) is 10.9. The number of rotatable bonds is 4. The second kappa shape index (κ2) is 7.47. The van der Waals surface area contributed by atoms with E-state index in [2.05, 4.69) is 49.6 Å². The van der Waals surface area contributed by atoms with Gasteiger partial charge in [0.25, 0.3) is 0 Å². The first-order valence-corrected chi connectivity index (χ1v) is 8.15. The number of benzene rings is 2. The van der Waals surface area contributed by atoms with E-state index in [1.165, 1.54) is 11.1 Å². The van der Waals surface area contributed by atoms with Crippen LogP contribution < -0.4 is 15.4 Å². The summed E-state index contributed by atoms with van der Waals surface area (Å²) >= 11 is 5.50. The highest BCUT2D eigenvalue weighted by molar-refractivity contribution is 7.80. The van der Waals surface area contributed by atoms with E-state index in [0.717, 1.165) is 22.7 Å². The van der Waals surface area contributed by atoms with Crippen LogP contribution in [0.3, 0.4) is 0 Å². The van der Waals surface area contributed by atoms with E-state index in [9.17, 15) is 0 Å². The lowest BCUT2D eigenvalue weighted by Gasteiger charge is -2.19. The summed E-state index contributed by atoms with van der Waals surface area (Å²) in [7, 11) is 1.66. The molecule has 4 heteroatoms. The summed E-state index contributed by atoms with van der Waals surface area (Å²) in [4.78, 5) is 0. The van der Waals surface area contributed by atoms with Crippen LogP contribution >= 0.6 is 12.2 Å². The first-order valence-electron chi connectivity index (χ1n) is 7.74. The maximum Gasteiger partial charge on any atom is 0.175 e. The standard InChI is InChI=1S/C19H24N2OS/c1-12(2)15-8-6-7-14(4)18(15)21-19(23)20-16-11-13(3)9-10-17(16)22-5/h6-12H,1-5H3,(H2,20,21,23). The molecule has 0 amide bonds. The van der Waals surface area contributed by atoms with Gasteiger partial charge in [0, 0.05) is 5.69 Å². The Morgan fingerprint density at radius 3 is 2.48 bits per heavy atom. The van der Waals surface area contributed by atoms with Crippen LogP contribution in [0.25, 0.3) is 0 Å². The fraction of sp³-hybridized carbons (Fsp3) is 0.316. The Kier molecular flexibility index (Phi) is 5.61. The lowest BCUT2D eigenvalue weighted by atomic mass is 9.98. The summed E-state index contributed by atoms with van der Waals surface area (Å²) < 4.78 is 5.39. The van der Waals surface area contributed by atoms with Gasteiger partial charge in [0.05, 0.1) is 12.8 Å². The Hall–Kier alpha value is -2.07. The van der Waals surface area contributed by atoms with Crippen molar-refractivity contribution < 1.29 is 4.74 Å². The second-order valence-electron chi connectivity index (χ2n) is 5.98. The van der Waals surface area contributed by atoms with Gasteiger partial charge in [0.15, 0.2) is 5.11 Å². The topological polar surface area (TPSA) is 33.3 Å². The van der Waals surface area contributed by atoms with Crippen molar-refractivity contribution >= 4 is 28.7 Å². The fourth-order valence-corrected chi connectivity index (χ4v) is 2.74. The molecular weight excluding hydrogens is 304 g/mol. The van der Waals surface area contributed by atoms with Crippen LogP contribution in [0, 0.1) is 13.8 Å². The third-order valence-electron chi connectivity index (χ3n) is 3.77. The van der Waals surface area contributed by atoms with Gasteiger partial charge in [0.2, 0.25) is 0 Å². The van der Waals surface area contributed by atoms with Crippen molar-refractivity contribution in [3.05, 3.63) is 53.1 Å². The molecule has 0 unspecified atom stereocenters. The SMILES string of the molecule is COc1ccc(C)cc1NC(=S)Nc1c(C)cccc1C(C)C. The molecule has 0 atom stereocenters. The average Bonchev–Trinajstić information content (AvgIpc) is 2.49. The number of ether oxygens (including phenoxy) is 1. The molecule has 0 aliphatic rings. The number of hydrogen-bond donors (Lipinski definition) is 2. The molecule has 2 rings (SSSR count). The zero-order valence-corrected chi connectivity index (χ0v) is 15.2. The molecule has 0 aliphatic heterocycles. The van der Waals surface area contributed by atoms with Crippen molar-refractivity contribution in [3.8, 4) is 5.75 Å². The molecule has 0 spiro atoms. The molecule has 3 nitrogen and oxygen atoms in total. The molecule has 2 aromatic carbocycles. The maximum atomic E-state index is 5.50. The molecule has 0 saturated heterocycles. The van der Waals surface area contributed by atoms with Crippen LogP contribution in [0.5, 0.6) is 5.75 Å². The molecule has 0 aliphatic carbocycles. The number of anilines is 2. The Bertz CT molecular complexity index is 711. The van der Waals surface area contributed by atoms with Gasteiger partial charge in [-0.2, -0.15) is 0 Å². The Labute approximate surface area is 144 Å². The normalized spacial score (nSPS) is 10.5. The molecule has 0 heterocycles. The molecule has 0 saturated carbocycles. The number of thiocarbonyl (C=S) groups is 1. The van der Waals surface area contributed by atoms with Crippen LogP contribution in [0.2, 0.25) is 0 Å². The number of aryl methyl sites for hydroxylation is 2. The van der Waals surface area contributed by atoms with Crippen molar-refractivity contribution in [2.45, 2.75) is 33.6 Å². The summed E-state index contributed by atoms with van der Waals surface area (Å²) in [5.41, 5.74) is 5.52. The third kappa shape index (κ3) is 4.23. The van der Waals surface area contributed by atoms with Crippen LogP contribution in [0.1, 0.15) is 36.5 Å². The summed E-state index contributed by atoms with van der Waals surface area (Å²) in [6.07, 6.45) is 0. The van der Waals surface area contributed by atoms with Crippen molar-refractivity contribution in [1.29, 1.82) is 0 Å². The van der Waals surface area contributed by atoms with E-state index in [0.29, 0.717) is 11.0 Å². The molecule has 2 aromatic rings. The van der Waals surface area contributed by atoms with E-state index in [4.69, 9.17) is 17.0 Å². The summed E-state index contributed by atoms with van der Waals surface area (Å²) in [6, 6.07) is 12.3. The smallest absolute Gasteiger partial charge is 0.175 e. The minimum absolute atomic E-state index is 0.425. The van der Waals surface area contributed by atoms with Crippen molar-refractivity contribution in [3.63, 3.8) is 0 Å². The predicted molar refractivity (Wildman–Crippen MR) is 103 cm³/mol.